The molecule has 57 heavy (non-hydrogen) atoms. The summed E-state index contributed by atoms with van der Waals surface area (Å²) >= 11 is 0. The fourth-order valence-corrected chi connectivity index (χ4v) is 9.43. The molecule has 3 heterocycles. The number of rotatable bonds is 5. The van der Waals surface area contributed by atoms with E-state index in [1.807, 2.05) is 0 Å². The zero-order valence-corrected chi connectivity index (χ0v) is 31.0. The third-order valence-electron chi connectivity index (χ3n) is 11.8. The number of nitrogens with zero attached hydrogens (tertiary/aromatic N) is 3. The molecule has 0 fully saturated rings. The molecule has 1 aromatic heterocycles. The molecule has 0 atom stereocenters. The zero-order chi connectivity index (χ0) is 37.5. The summed E-state index contributed by atoms with van der Waals surface area (Å²) in [5, 5.41) is 4.69. The molecule has 0 bridgehead atoms. The van der Waals surface area contributed by atoms with E-state index in [1.165, 1.54) is 43.8 Å². The van der Waals surface area contributed by atoms with Gasteiger partial charge in [0.05, 0.1) is 16.7 Å². The summed E-state index contributed by atoms with van der Waals surface area (Å²) < 4.78 is 9.48. The van der Waals surface area contributed by atoms with E-state index in [9.17, 15) is 0 Å². The van der Waals surface area contributed by atoms with Crippen LogP contribution < -0.4 is 30.9 Å². The van der Waals surface area contributed by atoms with Gasteiger partial charge in [0.25, 0.3) is 6.71 Å². The molecule has 0 saturated carbocycles. The van der Waals surface area contributed by atoms with Gasteiger partial charge in [-0.05, 0) is 101 Å². The van der Waals surface area contributed by atoms with Crippen molar-refractivity contribution in [2.45, 2.75) is 0 Å². The van der Waals surface area contributed by atoms with Crippen LogP contribution in [0.1, 0.15) is 0 Å². The highest BCUT2D eigenvalue weighted by molar-refractivity contribution is 6.99. The maximum atomic E-state index is 6.97. The van der Waals surface area contributed by atoms with Crippen molar-refractivity contribution in [2.75, 3.05) is 9.80 Å². The molecule has 0 N–H and O–H groups in total. The Balaban J connectivity index is 1.21. The van der Waals surface area contributed by atoms with Gasteiger partial charge in [-0.3, -0.25) is 0 Å². The lowest BCUT2D eigenvalue weighted by molar-refractivity contribution is 0.488. The smallest absolute Gasteiger partial charge is 0.256 e. The fourth-order valence-electron chi connectivity index (χ4n) is 9.43. The van der Waals surface area contributed by atoms with Gasteiger partial charge in [-0.2, -0.15) is 0 Å². The van der Waals surface area contributed by atoms with Crippen LogP contribution in [-0.2, 0) is 0 Å². The van der Waals surface area contributed by atoms with Crippen LogP contribution in [0, 0.1) is 0 Å². The number of aromatic nitrogens is 1. The molecule has 0 unspecified atom stereocenters. The first-order valence-electron chi connectivity index (χ1n) is 19.6. The number of anilines is 6. The van der Waals surface area contributed by atoms with E-state index < -0.39 is 0 Å². The van der Waals surface area contributed by atoms with Crippen LogP contribution in [0.15, 0.2) is 206 Å². The minimum Gasteiger partial charge on any atom is -0.458 e. The van der Waals surface area contributed by atoms with Crippen molar-refractivity contribution in [1.82, 2.24) is 4.57 Å². The number of hydrogen-bond acceptors (Lipinski definition) is 3. The third kappa shape index (κ3) is 4.76. The van der Waals surface area contributed by atoms with Crippen molar-refractivity contribution < 1.29 is 4.74 Å². The van der Waals surface area contributed by atoms with Crippen molar-refractivity contribution in [1.29, 1.82) is 0 Å². The van der Waals surface area contributed by atoms with Gasteiger partial charge in [-0.15, -0.1) is 0 Å². The molecule has 10 aromatic rings. The Labute approximate surface area is 331 Å². The number of para-hydroxylation sites is 6. The van der Waals surface area contributed by atoms with Crippen LogP contribution in [0.5, 0.6) is 11.5 Å². The molecular formula is C52H34BN3O. The Hall–Kier alpha value is -7.50. The van der Waals surface area contributed by atoms with Crippen LogP contribution in [0.2, 0.25) is 0 Å². The van der Waals surface area contributed by atoms with Gasteiger partial charge in [0.1, 0.15) is 11.5 Å². The number of ether oxygens (including phenoxy) is 1. The second-order valence-corrected chi connectivity index (χ2v) is 14.9. The van der Waals surface area contributed by atoms with E-state index in [4.69, 9.17) is 4.74 Å². The maximum Gasteiger partial charge on any atom is 0.256 e. The largest absolute Gasteiger partial charge is 0.458 e. The summed E-state index contributed by atoms with van der Waals surface area (Å²) in [5.41, 5.74) is 13.9. The van der Waals surface area contributed by atoms with Gasteiger partial charge in [-0.1, -0.05) is 127 Å². The molecule has 4 nitrogen and oxygen atoms in total. The molecule has 0 aliphatic carbocycles. The highest BCUT2D eigenvalue weighted by atomic mass is 16.5. The Morgan fingerprint density at radius 3 is 1.74 bits per heavy atom. The van der Waals surface area contributed by atoms with Gasteiger partial charge < -0.3 is 19.1 Å². The van der Waals surface area contributed by atoms with Gasteiger partial charge >= 0.3 is 0 Å². The van der Waals surface area contributed by atoms with E-state index >= 15 is 0 Å². The molecule has 0 spiro atoms. The molecule has 9 aromatic carbocycles. The Kier molecular flexibility index (Phi) is 6.99. The van der Waals surface area contributed by atoms with Gasteiger partial charge in [-0.25, -0.2) is 0 Å². The van der Waals surface area contributed by atoms with Crippen molar-refractivity contribution in [3.63, 3.8) is 0 Å². The van der Waals surface area contributed by atoms with Crippen molar-refractivity contribution in [3.05, 3.63) is 206 Å². The van der Waals surface area contributed by atoms with Crippen LogP contribution in [-0.4, -0.2) is 11.3 Å². The van der Waals surface area contributed by atoms with Crippen molar-refractivity contribution in [2.24, 2.45) is 0 Å². The SMILES string of the molecule is c1ccc(N(c2ccccc2)c2ccc3c(ccc4c5cc6c7c(c5n(-c5ccccc5)c34)N(c3ccccc3)c3ccccc3B7c3ccccc3O6)c2)cc1. The van der Waals surface area contributed by atoms with E-state index in [1.54, 1.807) is 0 Å². The van der Waals surface area contributed by atoms with E-state index in [2.05, 4.69) is 221 Å². The van der Waals surface area contributed by atoms with E-state index in [0.717, 1.165) is 56.5 Å². The van der Waals surface area contributed by atoms with Crippen LogP contribution >= 0.6 is 0 Å². The normalized spacial score (nSPS) is 12.6. The summed E-state index contributed by atoms with van der Waals surface area (Å²) in [5.74, 6) is 1.81. The second-order valence-electron chi connectivity index (χ2n) is 14.9. The molecule has 2 aliphatic rings. The van der Waals surface area contributed by atoms with Gasteiger partial charge in [0, 0.05) is 50.3 Å². The molecule has 12 rings (SSSR count). The summed E-state index contributed by atoms with van der Waals surface area (Å²) in [4.78, 5) is 4.80. The minimum atomic E-state index is 0.00371. The van der Waals surface area contributed by atoms with Crippen LogP contribution in [0.4, 0.5) is 34.1 Å². The molecule has 5 heteroatoms. The molecule has 2 aliphatic heterocycles. The average Bonchev–Trinajstić information content (AvgIpc) is 3.62. The molecule has 0 radical (unpaired) electrons. The Morgan fingerprint density at radius 1 is 0.421 bits per heavy atom. The molecule has 0 amide bonds. The van der Waals surface area contributed by atoms with Crippen LogP contribution in [0.3, 0.4) is 0 Å². The lowest BCUT2D eigenvalue weighted by atomic mass is 9.34. The lowest BCUT2D eigenvalue weighted by Crippen LogP contribution is -2.59. The zero-order valence-electron chi connectivity index (χ0n) is 31.0. The molecular weight excluding hydrogens is 693 g/mol. The average molecular weight is 728 g/mol. The Bertz CT molecular complexity index is 3130. The maximum absolute atomic E-state index is 6.97. The summed E-state index contributed by atoms with van der Waals surface area (Å²) in [7, 11) is 0. The lowest BCUT2D eigenvalue weighted by Gasteiger charge is -2.40. The van der Waals surface area contributed by atoms with Crippen LogP contribution in [0.25, 0.3) is 38.3 Å². The van der Waals surface area contributed by atoms with Crippen molar-refractivity contribution in [3.8, 4) is 17.2 Å². The number of fused-ring (bicyclic) bond motifs is 10. The minimum absolute atomic E-state index is 0.00371. The first kappa shape index (κ1) is 31.8. The summed E-state index contributed by atoms with van der Waals surface area (Å²) in [6, 6.07) is 74.2. The van der Waals surface area contributed by atoms with Crippen molar-refractivity contribution >= 4 is 89.8 Å². The van der Waals surface area contributed by atoms with E-state index in [-0.39, 0.29) is 6.71 Å². The first-order chi connectivity index (χ1) is 28.3. The monoisotopic (exact) mass is 727 g/mol. The molecule has 266 valence electrons. The summed E-state index contributed by atoms with van der Waals surface area (Å²) in [6.45, 7) is 0.00371. The number of hydrogen-bond donors (Lipinski definition) is 0. The quantitative estimate of drug-likeness (QED) is 0.165. The van der Waals surface area contributed by atoms with Gasteiger partial charge in [0.2, 0.25) is 0 Å². The van der Waals surface area contributed by atoms with Gasteiger partial charge in [0.15, 0.2) is 0 Å². The second kappa shape index (κ2) is 12.5. The first-order valence-corrected chi connectivity index (χ1v) is 19.6. The van der Waals surface area contributed by atoms with E-state index in [0.29, 0.717) is 0 Å². The fraction of sp³-hybridized carbons (Fsp3) is 0. The highest BCUT2D eigenvalue weighted by Crippen LogP contribution is 2.49. The number of benzene rings is 9. The highest BCUT2D eigenvalue weighted by Gasteiger charge is 2.43. The third-order valence-corrected chi connectivity index (χ3v) is 11.8. The molecule has 0 saturated heterocycles. The Morgan fingerprint density at radius 2 is 1.02 bits per heavy atom. The predicted octanol–water partition coefficient (Wildman–Crippen LogP) is 11.8. The topological polar surface area (TPSA) is 20.6 Å². The predicted molar refractivity (Wildman–Crippen MR) is 239 cm³/mol. The standard InChI is InChI=1S/C52H34BN3O/c1-5-17-36(18-6-1)54(37-19-7-2-8-20-37)40-30-32-41-35(33-40)29-31-42-43-34-48-49-52(51(43)56(50(41)42)39-23-11-4-12-24-39)55(38-21-9-3-10-22-38)46-27-15-13-25-44(46)53(49)45-26-14-16-28-47(45)57-48/h1-34H. The summed E-state index contributed by atoms with van der Waals surface area (Å²) in [6.07, 6.45) is 0.